The molecule has 0 radical (unpaired) electrons. The highest BCUT2D eigenvalue weighted by atomic mass is 32.1. The molecule has 1 N–H and O–H groups in total. The summed E-state index contributed by atoms with van der Waals surface area (Å²) in [6.07, 6.45) is 1.46. The number of hydrazone groups is 1. The van der Waals surface area contributed by atoms with Gasteiger partial charge >= 0.3 is 5.69 Å². The summed E-state index contributed by atoms with van der Waals surface area (Å²) in [5.74, 6) is 0.345. The van der Waals surface area contributed by atoms with E-state index >= 15 is 0 Å². The van der Waals surface area contributed by atoms with Crippen LogP contribution in [0.4, 0.5) is 10.8 Å². The first kappa shape index (κ1) is 16.7. The van der Waals surface area contributed by atoms with Gasteiger partial charge in [-0.2, -0.15) is 5.10 Å². The third-order valence-corrected chi connectivity index (χ3v) is 4.06. The molecule has 0 saturated carbocycles. The van der Waals surface area contributed by atoms with Crippen LogP contribution in [-0.4, -0.2) is 30.3 Å². The summed E-state index contributed by atoms with van der Waals surface area (Å²) in [6, 6.07) is 2.97. The van der Waals surface area contributed by atoms with Crippen molar-refractivity contribution >= 4 is 28.4 Å². The highest BCUT2D eigenvalue weighted by molar-refractivity contribution is 7.15. The maximum Gasteiger partial charge on any atom is 0.315 e. The summed E-state index contributed by atoms with van der Waals surface area (Å²) in [4.78, 5) is 16.0. The summed E-state index contributed by atoms with van der Waals surface area (Å²) in [6.45, 7) is 3.89. The van der Waals surface area contributed by atoms with Gasteiger partial charge in [0.2, 0.25) is 10.9 Å². The van der Waals surface area contributed by atoms with E-state index in [-0.39, 0.29) is 17.2 Å². The van der Waals surface area contributed by atoms with Crippen molar-refractivity contribution in [2.75, 3.05) is 19.6 Å². The Morgan fingerprint density at radius 1 is 1.35 bits per heavy atom. The Morgan fingerprint density at radius 3 is 2.61 bits per heavy atom. The van der Waals surface area contributed by atoms with Gasteiger partial charge in [0.15, 0.2) is 5.75 Å². The molecule has 0 saturated heterocycles. The third kappa shape index (κ3) is 3.75. The second-order valence-corrected chi connectivity index (χ2v) is 5.77. The van der Waals surface area contributed by atoms with Crippen LogP contribution >= 0.6 is 11.3 Å². The lowest BCUT2D eigenvalue weighted by Crippen LogP contribution is -1.99. The Kier molecular flexibility index (Phi) is 5.12. The number of nitrogens with one attached hydrogen (secondary N) is 1. The number of methoxy groups -OCH3 is 2. The molecule has 0 aliphatic rings. The number of hydrogen-bond donors (Lipinski definition) is 1. The molecule has 8 nitrogen and oxygen atoms in total. The number of rotatable bonds is 6. The largest absolute Gasteiger partial charge is 0.493 e. The molecule has 1 aromatic heterocycles. The summed E-state index contributed by atoms with van der Waals surface area (Å²) >= 11 is 1.48. The van der Waals surface area contributed by atoms with E-state index in [9.17, 15) is 10.1 Å². The third-order valence-electron chi connectivity index (χ3n) is 3.08. The predicted octanol–water partition coefficient (Wildman–Crippen LogP) is 3.13. The fourth-order valence-electron chi connectivity index (χ4n) is 1.86. The minimum absolute atomic E-state index is 0.0776. The summed E-state index contributed by atoms with van der Waals surface area (Å²) < 4.78 is 10.2. The summed E-state index contributed by atoms with van der Waals surface area (Å²) in [7, 11) is 2.77. The van der Waals surface area contributed by atoms with Crippen LogP contribution in [0, 0.1) is 24.0 Å². The molecule has 9 heteroatoms. The fourth-order valence-corrected chi connectivity index (χ4v) is 2.62. The Bertz CT molecular complexity index is 738. The quantitative estimate of drug-likeness (QED) is 0.494. The Balaban J connectivity index is 2.26. The second-order valence-electron chi connectivity index (χ2n) is 4.56. The number of anilines is 1. The monoisotopic (exact) mass is 336 g/mol. The first-order valence-corrected chi connectivity index (χ1v) is 7.41. The number of benzene rings is 1. The van der Waals surface area contributed by atoms with Gasteiger partial charge in [-0.1, -0.05) is 0 Å². The molecule has 0 atom stereocenters. The fraction of sp³-hybridized carbons (Fsp3) is 0.286. The van der Waals surface area contributed by atoms with Crippen LogP contribution < -0.4 is 14.9 Å². The van der Waals surface area contributed by atoms with E-state index in [4.69, 9.17) is 9.47 Å². The molecule has 0 fully saturated rings. The smallest absolute Gasteiger partial charge is 0.315 e. The van der Waals surface area contributed by atoms with Crippen LogP contribution in [0.3, 0.4) is 0 Å². The summed E-state index contributed by atoms with van der Waals surface area (Å²) in [5, 5.41) is 15.8. The van der Waals surface area contributed by atoms with Crippen LogP contribution in [0.25, 0.3) is 0 Å². The number of aromatic nitrogens is 1. The zero-order valence-electron chi connectivity index (χ0n) is 13.1. The molecular weight excluding hydrogens is 320 g/mol. The maximum absolute atomic E-state index is 11.1. The van der Waals surface area contributed by atoms with Crippen LogP contribution in [0.15, 0.2) is 17.2 Å². The highest BCUT2D eigenvalue weighted by Gasteiger charge is 2.21. The van der Waals surface area contributed by atoms with Gasteiger partial charge in [0.1, 0.15) is 0 Å². The first-order chi connectivity index (χ1) is 11.0. The number of nitro benzene ring substituents is 1. The number of ether oxygens (including phenoxy) is 2. The molecule has 2 aromatic rings. The number of thiazole rings is 1. The van der Waals surface area contributed by atoms with Gasteiger partial charge in [-0.3, -0.25) is 15.5 Å². The number of nitrogens with zero attached hydrogens (tertiary/aromatic N) is 3. The van der Waals surface area contributed by atoms with Crippen LogP contribution in [0.1, 0.15) is 16.1 Å². The van der Waals surface area contributed by atoms with Gasteiger partial charge in [0.25, 0.3) is 0 Å². The predicted molar refractivity (Wildman–Crippen MR) is 89.0 cm³/mol. The van der Waals surface area contributed by atoms with Crippen molar-refractivity contribution in [2.24, 2.45) is 5.10 Å². The van der Waals surface area contributed by atoms with Gasteiger partial charge in [0, 0.05) is 16.5 Å². The topological polar surface area (TPSA) is 98.9 Å². The molecule has 2 rings (SSSR count). The highest BCUT2D eigenvalue weighted by Crippen LogP contribution is 2.37. The second kappa shape index (κ2) is 7.05. The Hall–Kier alpha value is -2.68. The molecule has 1 aromatic carbocycles. The SMILES string of the molecule is COc1cc(/C=N\Nc2nc(C)c(C)s2)cc([N+](=O)[O-])c1OC. The standard InChI is InChI=1S/C14H16N4O4S/c1-8-9(2)23-14(16-8)17-15-7-10-5-11(18(19)20)13(22-4)12(6-10)21-3/h5-7H,1-4H3,(H,16,17)/b15-7-. The Labute approximate surface area is 136 Å². The summed E-state index contributed by atoms with van der Waals surface area (Å²) in [5.41, 5.74) is 4.06. The van der Waals surface area contributed by atoms with Crippen molar-refractivity contribution in [2.45, 2.75) is 13.8 Å². The van der Waals surface area contributed by atoms with Gasteiger partial charge < -0.3 is 9.47 Å². The number of nitro groups is 1. The van der Waals surface area contributed by atoms with E-state index < -0.39 is 4.92 Å². The lowest BCUT2D eigenvalue weighted by atomic mass is 10.2. The van der Waals surface area contributed by atoms with E-state index in [1.807, 2.05) is 13.8 Å². The maximum atomic E-state index is 11.1. The van der Waals surface area contributed by atoms with Gasteiger partial charge in [-0.05, 0) is 19.9 Å². The van der Waals surface area contributed by atoms with E-state index in [1.54, 1.807) is 6.07 Å². The average Bonchev–Trinajstić information content (AvgIpc) is 2.84. The molecule has 0 spiro atoms. The first-order valence-electron chi connectivity index (χ1n) is 6.59. The number of hydrogen-bond acceptors (Lipinski definition) is 8. The van der Waals surface area contributed by atoms with E-state index in [0.717, 1.165) is 10.6 Å². The normalized spacial score (nSPS) is 10.8. The van der Waals surface area contributed by atoms with E-state index in [1.165, 1.54) is 37.8 Å². The van der Waals surface area contributed by atoms with Crippen molar-refractivity contribution in [1.82, 2.24) is 4.98 Å². The van der Waals surface area contributed by atoms with Gasteiger partial charge in [-0.15, -0.1) is 11.3 Å². The molecule has 122 valence electrons. The molecule has 0 bridgehead atoms. The average molecular weight is 336 g/mol. The van der Waals surface area contributed by atoms with Crippen LogP contribution in [0.2, 0.25) is 0 Å². The van der Waals surface area contributed by atoms with Crippen molar-refractivity contribution in [3.8, 4) is 11.5 Å². The molecule has 0 aliphatic carbocycles. The minimum Gasteiger partial charge on any atom is -0.493 e. The van der Waals surface area contributed by atoms with Crippen molar-refractivity contribution in [3.05, 3.63) is 38.4 Å². The van der Waals surface area contributed by atoms with Crippen molar-refractivity contribution in [1.29, 1.82) is 0 Å². The van der Waals surface area contributed by atoms with Gasteiger partial charge in [-0.25, -0.2) is 4.98 Å². The lowest BCUT2D eigenvalue weighted by molar-refractivity contribution is -0.385. The van der Waals surface area contributed by atoms with Crippen LogP contribution in [0.5, 0.6) is 11.5 Å². The van der Waals surface area contributed by atoms with Crippen molar-refractivity contribution < 1.29 is 14.4 Å². The molecule has 0 aliphatic heterocycles. The molecule has 0 amide bonds. The van der Waals surface area contributed by atoms with E-state index in [0.29, 0.717) is 10.7 Å². The van der Waals surface area contributed by atoms with Crippen LogP contribution in [-0.2, 0) is 0 Å². The number of aryl methyl sites for hydroxylation is 2. The zero-order valence-corrected chi connectivity index (χ0v) is 13.9. The van der Waals surface area contributed by atoms with E-state index in [2.05, 4.69) is 15.5 Å². The minimum atomic E-state index is -0.528. The van der Waals surface area contributed by atoms with Crippen molar-refractivity contribution in [3.63, 3.8) is 0 Å². The lowest BCUT2D eigenvalue weighted by Gasteiger charge is -2.08. The molecule has 23 heavy (non-hydrogen) atoms. The van der Waals surface area contributed by atoms with Gasteiger partial charge in [0.05, 0.1) is 31.1 Å². The molecule has 1 heterocycles. The molecular formula is C14H16N4O4S. The zero-order chi connectivity index (χ0) is 17.0. The molecule has 0 unspecified atom stereocenters. The Morgan fingerprint density at radius 2 is 2.09 bits per heavy atom.